The summed E-state index contributed by atoms with van der Waals surface area (Å²) < 4.78 is 5.79. The number of hydrogen-bond donors (Lipinski definition) is 0. The summed E-state index contributed by atoms with van der Waals surface area (Å²) in [6, 6.07) is 12.2. The van der Waals surface area contributed by atoms with Crippen molar-refractivity contribution in [3.8, 4) is 0 Å². The summed E-state index contributed by atoms with van der Waals surface area (Å²) in [4.78, 5) is 41.0. The van der Waals surface area contributed by atoms with Crippen molar-refractivity contribution in [2.24, 2.45) is 0 Å². The largest absolute Gasteiger partial charge is 0.451 e. The number of thioether (sulfide) groups is 1. The summed E-state index contributed by atoms with van der Waals surface area (Å²) in [6.07, 6.45) is 7.26. The fourth-order valence-electron chi connectivity index (χ4n) is 4.30. The highest BCUT2D eigenvalue weighted by atomic mass is 32.2. The Morgan fingerprint density at radius 3 is 2.94 bits per heavy atom. The molecule has 1 saturated heterocycles. The highest BCUT2D eigenvalue weighted by molar-refractivity contribution is 7.98. The first-order chi connectivity index (χ1) is 16.6. The number of benzene rings is 1. The normalized spacial score (nSPS) is 16.0. The first-order valence-corrected chi connectivity index (χ1v) is 12.2. The van der Waals surface area contributed by atoms with Crippen molar-refractivity contribution in [3.05, 3.63) is 93.9 Å². The molecule has 1 amide bonds. The molecule has 8 heteroatoms. The van der Waals surface area contributed by atoms with Gasteiger partial charge in [0.1, 0.15) is 5.58 Å². The summed E-state index contributed by atoms with van der Waals surface area (Å²) >= 11 is 1.57. The Kier molecular flexibility index (Phi) is 6.40. The molecule has 172 valence electrons. The van der Waals surface area contributed by atoms with Gasteiger partial charge in [0, 0.05) is 49.4 Å². The van der Waals surface area contributed by atoms with E-state index in [1.807, 2.05) is 31.5 Å². The molecular weight excluding hydrogens is 448 g/mol. The van der Waals surface area contributed by atoms with Gasteiger partial charge in [0.25, 0.3) is 5.91 Å². The summed E-state index contributed by atoms with van der Waals surface area (Å²) in [6.45, 7) is 3.16. The number of nitrogens with zero attached hydrogens (tertiary/aromatic N) is 4. The lowest BCUT2D eigenvalue weighted by molar-refractivity contribution is 0.0673. The van der Waals surface area contributed by atoms with Crippen LogP contribution < -0.4 is 5.43 Å². The van der Waals surface area contributed by atoms with Gasteiger partial charge >= 0.3 is 0 Å². The number of likely N-dealkylation sites (tertiary alicyclic amines) is 1. The van der Waals surface area contributed by atoms with Gasteiger partial charge in [-0.3, -0.25) is 14.6 Å². The zero-order chi connectivity index (χ0) is 23.5. The van der Waals surface area contributed by atoms with Crippen molar-refractivity contribution in [1.29, 1.82) is 0 Å². The number of aromatic nitrogens is 3. The van der Waals surface area contributed by atoms with Crippen molar-refractivity contribution in [2.75, 3.05) is 13.1 Å². The molecule has 0 aliphatic carbocycles. The summed E-state index contributed by atoms with van der Waals surface area (Å²) in [7, 11) is 0. The van der Waals surface area contributed by atoms with Gasteiger partial charge in [-0.05, 0) is 49.1 Å². The molecule has 1 aromatic carbocycles. The topological polar surface area (TPSA) is 89.2 Å². The third kappa shape index (κ3) is 4.72. The maximum Gasteiger partial charge on any atom is 0.289 e. The van der Waals surface area contributed by atoms with Crippen LogP contribution in [0.2, 0.25) is 0 Å². The van der Waals surface area contributed by atoms with Gasteiger partial charge in [-0.15, -0.1) is 0 Å². The average molecular weight is 473 g/mol. The van der Waals surface area contributed by atoms with Gasteiger partial charge in [0.2, 0.25) is 0 Å². The molecule has 5 rings (SSSR count). The standard InChI is InChI=1S/C26H24N4O3S/c1-17-13-28-26(34-16-18-6-4-10-27-14-18)29-24(17)19-7-5-11-30(15-19)25(32)23-12-21(31)20-8-2-3-9-22(20)33-23/h2-4,6,8-10,12-14,19H,5,7,11,15-16H2,1H3/t19-/m0/s1. The van der Waals surface area contributed by atoms with Crippen LogP contribution in [0, 0.1) is 6.92 Å². The second-order valence-corrected chi connectivity index (χ2v) is 9.37. The van der Waals surface area contributed by atoms with E-state index in [1.165, 1.54) is 6.07 Å². The van der Waals surface area contributed by atoms with Crippen molar-refractivity contribution in [1.82, 2.24) is 19.9 Å². The fourth-order valence-corrected chi connectivity index (χ4v) is 5.06. The lowest BCUT2D eigenvalue weighted by atomic mass is 9.92. The number of carbonyl (C=O) groups is 1. The molecule has 0 unspecified atom stereocenters. The highest BCUT2D eigenvalue weighted by Gasteiger charge is 2.29. The van der Waals surface area contributed by atoms with Gasteiger partial charge in [0.15, 0.2) is 16.3 Å². The Balaban J connectivity index is 1.34. The number of piperidine rings is 1. The molecule has 4 aromatic rings. The van der Waals surface area contributed by atoms with E-state index in [9.17, 15) is 9.59 Å². The van der Waals surface area contributed by atoms with Crippen LogP contribution in [-0.4, -0.2) is 38.8 Å². The van der Waals surface area contributed by atoms with Crippen LogP contribution in [0.4, 0.5) is 0 Å². The third-order valence-corrected chi connectivity index (χ3v) is 6.95. The van der Waals surface area contributed by atoms with Crippen LogP contribution >= 0.6 is 11.8 Å². The van der Waals surface area contributed by atoms with Gasteiger partial charge in [-0.1, -0.05) is 30.0 Å². The molecule has 0 radical (unpaired) electrons. The van der Waals surface area contributed by atoms with E-state index in [4.69, 9.17) is 9.40 Å². The Labute approximate surface area is 201 Å². The molecule has 1 aliphatic rings. The summed E-state index contributed by atoms with van der Waals surface area (Å²) in [5, 5.41) is 1.19. The minimum Gasteiger partial charge on any atom is -0.451 e. The molecule has 3 aromatic heterocycles. The van der Waals surface area contributed by atoms with Crippen LogP contribution in [0.5, 0.6) is 0 Å². The number of carbonyl (C=O) groups excluding carboxylic acids is 1. The fraction of sp³-hybridized carbons (Fsp3) is 0.269. The molecule has 1 fully saturated rings. The quantitative estimate of drug-likeness (QED) is 0.310. The average Bonchev–Trinajstić information content (AvgIpc) is 2.88. The van der Waals surface area contributed by atoms with Crippen LogP contribution in [0.25, 0.3) is 11.0 Å². The van der Waals surface area contributed by atoms with E-state index >= 15 is 0 Å². The Bertz CT molecular complexity index is 1390. The first-order valence-electron chi connectivity index (χ1n) is 11.3. The second-order valence-electron chi connectivity index (χ2n) is 8.43. The predicted octanol–water partition coefficient (Wildman–Crippen LogP) is 4.60. The zero-order valence-electron chi connectivity index (χ0n) is 18.8. The number of fused-ring (bicyclic) bond motifs is 1. The smallest absolute Gasteiger partial charge is 0.289 e. The molecular formula is C26H24N4O3S. The van der Waals surface area contributed by atoms with E-state index < -0.39 is 0 Å². The third-order valence-electron chi connectivity index (χ3n) is 6.02. The number of hydrogen-bond acceptors (Lipinski definition) is 7. The summed E-state index contributed by atoms with van der Waals surface area (Å²) in [5.41, 5.74) is 3.32. The molecule has 0 bridgehead atoms. The van der Waals surface area contributed by atoms with Crippen molar-refractivity contribution in [3.63, 3.8) is 0 Å². The van der Waals surface area contributed by atoms with Gasteiger partial charge in [-0.2, -0.15) is 0 Å². The SMILES string of the molecule is Cc1cnc(SCc2cccnc2)nc1[C@H]1CCCN(C(=O)c2cc(=O)c3ccccc3o2)C1. The second kappa shape index (κ2) is 9.77. The van der Waals surface area contributed by atoms with E-state index in [0.717, 1.165) is 35.4 Å². The van der Waals surface area contributed by atoms with E-state index in [1.54, 1.807) is 47.1 Å². The molecule has 0 N–H and O–H groups in total. The van der Waals surface area contributed by atoms with E-state index in [-0.39, 0.29) is 23.0 Å². The molecule has 34 heavy (non-hydrogen) atoms. The maximum absolute atomic E-state index is 13.2. The molecule has 7 nitrogen and oxygen atoms in total. The number of amides is 1. The number of para-hydroxylation sites is 1. The first kappa shape index (κ1) is 22.3. The van der Waals surface area contributed by atoms with Gasteiger partial charge in [0.05, 0.1) is 11.1 Å². The number of rotatable bonds is 5. The summed E-state index contributed by atoms with van der Waals surface area (Å²) in [5.74, 6) is 0.666. The minimum absolute atomic E-state index is 0.0801. The predicted molar refractivity (Wildman–Crippen MR) is 131 cm³/mol. The zero-order valence-corrected chi connectivity index (χ0v) is 19.6. The number of aryl methyl sites for hydroxylation is 1. The van der Waals surface area contributed by atoms with E-state index in [2.05, 4.69) is 9.97 Å². The highest BCUT2D eigenvalue weighted by Crippen LogP contribution is 2.30. The molecule has 0 saturated carbocycles. The monoisotopic (exact) mass is 472 g/mol. The lowest BCUT2D eigenvalue weighted by Gasteiger charge is -2.32. The number of pyridine rings is 1. The molecule has 1 aliphatic heterocycles. The van der Waals surface area contributed by atoms with Crippen LogP contribution in [0.1, 0.15) is 46.1 Å². The van der Waals surface area contributed by atoms with Crippen molar-refractivity contribution in [2.45, 2.75) is 36.6 Å². The van der Waals surface area contributed by atoms with Crippen molar-refractivity contribution < 1.29 is 9.21 Å². The van der Waals surface area contributed by atoms with Crippen molar-refractivity contribution >= 4 is 28.6 Å². The molecule has 0 spiro atoms. The maximum atomic E-state index is 13.2. The molecule has 1 atom stereocenters. The van der Waals surface area contributed by atoms with Crippen LogP contribution in [-0.2, 0) is 5.75 Å². The Hall–Kier alpha value is -3.52. The lowest BCUT2D eigenvalue weighted by Crippen LogP contribution is -2.39. The van der Waals surface area contributed by atoms with Gasteiger partial charge in [-0.25, -0.2) is 9.97 Å². The molecule has 4 heterocycles. The Morgan fingerprint density at radius 1 is 1.21 bits per heavy atom. The van der Waals surface area contributed by atoms with Gasteiger partial charge < -0.3 is 9.32 Å². The Morgan fingerprint density at radius 2 is 2.09 bits per heavy atom. The van der Waals surface area contributed by atoms with Crippen LogP contribution in [0.3, 0.4) is 0 Å². The van der Waals surface area contributed by atoms with Crippen LogP contribution in [0.15, 0.2) is 75.4 Å². The van der Waals surface area contributed by atoms with E-state index in [0.29, 0.717) is 29.2 Å². The minimum atomic E-state index is -0.259.